The maximum Gasteiger partial charge on any atom is 0.275 e. The van der Waals surface area contributed by atoms with Crippen molar-refractivity contribution >= 4 is 29.3 Å². The molecule has 0 aliphatic carbocycles. The molecule has 9 heteroatoms. The summed E-state index contributed by atoms with van der Waals surface area (Å²) in [6.07, 6.45) is 0. The lowest BCUT2D eigenvalue weighted by molar-refractivity contribution is -0.896. The van der Waals surface area contributed by atoms with E-state index in [4.69, 9.17) is 11.6 Å². The summed E-state index contributed by atoms with van der Waals surface area (Å²) in [5, 5.41) is 3.19. The number of amides is 3. The molecule has 1 aromatic carbocycles. The first-order valence-corrected chi connectivity index (χ1v) is 9.97. The van der Waals surface area contributed by atoms with Crippen molar-refractivity contribution in [1.29, 1.82) is 0 Å². The topological polar surface area (TPSA) is 74.2 Å². The number of piperazine rings is 1. The number of halogens is 2. The zero-order valence-electron chi connectivity index (χ0n) is 17.3. The Morgan fingerprint density at radius 2 is 1.86 bits per heavy atom. The van der Waals surface area contributed by atoms with Crippen LogP contribution in [-0.4, -0.2) is 79.4 Å². The van der Waals surface area contributed by atoms with Crippen molar-refractivity contribution in [3.05, 3.63) is 34.6 Å². The summed E-state index contributed by atoms with van der Waals surface area (Å²) < 4.78 is 13.9. The van der Waals surface area contributed by atoms with E-state index in [1.165, 1.54) is 24.1 Å². The van der Waals surface area contributed by atoms with Crippen molar-refractivity contribution in [2.45, 2.75) is 26.3 Å². The first kappa shape index (κ1) is 23.1. The second kappa shape index (κ2) is 9.54. The molecule has 7 nitrogen and oxygen atoms in total. The van der Waals surface area contributed by atoms with E-state index >= 15 is 0 Å². The molecule has 0 saturated carbocycles. The van der Waals surface area contributed by atoms with E-state index in [0.29, 0.717) is 32.7 Å². The minimum atomic E-state index is -0.676. The highest BCUT2D eigenvalue weighted by Crippen LogP contribution is 2.16. The number of quaternary nitrogens is 1. The number of hydrogen-bond donors (Lipinski definition) is 2. The molecule has 2 N–H and O–H groups in total. The fraction of sp³-hybridized carbons (Fsp3) is 0.550. The highest BCUT2D eigenvalue weighted by molar-refractivity contribution is 6.31. The van der Waals surface area contributed by atoms with Gasteiger partial charge in [-0.15, -0.1) is 0 Å². The maximum atomic E-state index is 13.9. The summed E-state index contributed by atoms with van der Waals surface area (Å²) >= 11 is 5.83. The number of nitrogens with one attached hydrogen (secondary N) is 2. The third kappa shape index (κ3) is 6.97. The number of carbonyl (C=O) groups excluding carboxylic acids is 3. The zero-order valence-corrected chi connectivity index (χ0v) is 18.1. The molecular formula is C20H29ClFN4O3+. The summed E-state index contributed by atoms with van der Waals surface area (Å²) in [6, 6.07) is 3.75. The maximum absolute atomic E-state index is 13.9. The van der Waals surface area contributed by atoms with Crippen LogP contribution in [0.5, 0.6) is 0 Å². The Kier molecular flexibility index (Phi) is 7.60. The lowest BCUT2D eigenvalue weighted by atomic mass is 10.1. The number of likely N-dealkylation sites (N-methyl/N-ethyl adjacent to an activating group) is 1. The van der Waals surface area contributed by atoms with Gasteiger partial charge in [0.25, 0.3) is 11.8 Å². The third-order valence-corrected chi connectivity index (χ3v) is 4.86. The highest BCUT2D eigenvalue weighted by atomic mass is 35.5. The van der Waals surface area contributed by atoms with Crippen LogP contribution in [0.1, 0.15) is 31.1 Å². The Morgan fingerprint density at radius 1 is 1.24 bits per heavy atom. The highest BCUT2D eigenvalue weighted by Gasteiger charge is 2.28. The monoisotopic (exact) mass is 427 g/mol. The van der Waals surface area contributed by atoms with E-state index in [2.05, 4.69) is 5.32 Å². The summed E-state index contributed by atoms with van der Waals surface area (Å²) in [7, 11) is 1.46. The molecule has 1 aliphatic heterocycles. The molecule has 0 atom stereocenters. The molecule has 1 fully saturated rings. The third-order valence-electron chi connectivity index (χ3n) is 4.63. The lowest BCUT2D eigenvalue weighted by Crippen LogP contribution is -3.16. The van der Waals surface area contributed by atoms with Gasteiger partial charge in [-0.2, -0.15) is 0 Å². The van der Waals surface area contributed by atoms with Crippen LogP contribution in [0.3, 0.4) is 0 Å². The van der Waals surface area contributed by atoms with Crippen LogP contribution in [-0.2, 0) is 9.59 Å². The molecule has 1 saturated heterocycles. The quantitative estimate of drug-likeness (QED) is 0.704. The Bertz CT molecular complexity index is 773. The van der Waals surface area contributed by atoms with Crippen LogP contribution >= 0.6 is 11.6 Å². The number of benzene rings is 1. The van der Waals surface area contributed by atoms with Gasteiger partial charge in [0.05, 0.1) is 38.3 Å². The van der Waals surface area contributed by atoms with Gasteiger partial charge in [0, 0.05) is 17.6 Å². The SMILES string of the molecule is CN(CC(=O)N1CC[NH+](CC(=O)NC(C)(C)C)CC1)C(=O)c1cc(Cl)ccc1F. The van der Waals surface area contributed by atoms with Crippen molar-refractivity contribution < 1.29 is 23.7 Å². The lowest BCUT2D eigenvalue weighted by Gasteiger charge is -2.33. The van der Waals surface area contributed by atoms with Crippen molar-refractivity contribution in [3.63, 3.8) is 0 Å². The molecule has 1 heterocycles. The predicted octanol–water partition coefficient (Wildman–Crippen LogP) is 0.193. The molecule has 2 rings (SSSR count). The second-order valence-electron chi connectivity index (χ2n) is 8.39. The summed E-state index contributed by atoms with van der Waals surface area (Å²) in [5.41, 5.74) is -0.430. The number of nitrogens with zero attached hydrogens (tertiary/aromatic N) is 2. The van der Waals surface area contributed by atoms with Crippen LogP contribution in [0.25, 0.3) is 0 Å². The van der Waals surface area contributed by atoms with Crippen LogP contribution < -0.4 is 10.2 Å². The average Bonchev–Trinajstić information content (AvgIpc) is 2.62. The molecule has 1 aliphatic rings. The first-order chi connectivity index (χ1) is 13.5. The van der Waals surface area contributed by atoms with Gasteiger partial charge in [0.2, 0.25) is 5.91 Å². The van der Waals surface area contributed by atoms with Crippen LogP contribution in [0.15, 0.2) is 18.2 Å². The van der Waals surface area contributed by atoms with E-state index in [9.17, 15) is 18.8 Å². The van der Waals surface area contributed by atoms with Crippen molar-refractivity contribution in [1.82, 2.24) is 15.1 Å². The van der Waals surface area contributed by atoms with Crippen molar-refractivity contribution in [2.24, 2.45) is 0 Å². The van der Waals surface area contributed by atoms with Crippen LogP contribution in [0.2, 0.25) is 5.02 Å². The van der Waals surface area contributed by atoms with Gasteiger partial charge in [-0.05, 0) is 39.0 Å². The van der Waals surface area contributed by atoms with E-state index < -0.39 is 11.7 Å². The van der Waals surface area contributed by atoms with Gasteiger partial charge >= 0.3 is 0 Å². The Morgan fingerprint density at radius 3 is 2.45 bits per heavy atom. The second-order valence-corrected chi connectivity index (χ2v) is 8.83. The van der Waals surface area contributed by atoms with E-state index in [1.807, 2.05) is 20.8 Å². The van der Waals surface area contributed by atoms with Crippen molar-refractivity contribution in [2.75, 3.05) is 46.3 Å². The van der Waals surface area contributed by atoms with E-state index in [-0.39, 0.29) is 34.5 Å². The smallest absolute Gasteiger partial charge is 0.275 e. The zero-order chi connectivity index (χ0) is 21.8. The van der Waals surface area contributed by atoms with Gasteiger partial charge in [0.1, 0.15) is 5.82 Å². The normalized spacial score (nSPS) is 15.2. The van der Waals surface area contributed by atoms with Crippen LogP contribution in [0.4, 0.5) is 4.39 Å². The summed E-state index contributed by atoms with van der Waals surface area (Å²) in [5.74, 6) is -1.49. The predicted molar refractivity (Wildman–Crippen MR) is 108 cm³/mol. The Labute approximate surface area is 175 Å². The molecule has 0 unspecified atom stereocenters. The number of rotatable bonds is 5. The molecule has 3 amide bonds. The van der Waals surface area contributed by atoms with Gasteiger partial charge in [-0.3, -0.25) is 14.4 Å². The van der Waals surface area contributed by atoms with Gasteiger partial charge < -0.3 is 20.0 Å². The van der Waals surface area contributed by atoms with Crippen molar-refractivity contribution in [3.8, 4) is 0 Å². The number of carbonyl (C=O) groups is 3. The number of hydrogen-bond acceptors (Lipinski definition) is 3. The van der Waals surface area contributed by atoms with Gasteiger partial charge in [-0.1, -0.05) is 11.6 Å². The van der Waals surface area contributed by atoms with E-state index in [0.717, 1.165) is 11.0 Å². The average molecular weight is 428 g/mol. The molecular weight excluding hydrogens is 399 g/mol. The molecule has 29 heavy (non-hydrogen) atoms. The molecule has 160 valence electrons. The van der Waals surface area contributed by atoms with E-state index in [1.54, 1.807) is 4.90 Å². The van der Waals surface area contributed by atoms with Gasteiger partial charge in [0.15, 0.2) is 6.54 Å². The summed E-state index contributed by atoms with van der Waals surface area (Å²) in [4.78, 5) is 41.0. The fourth-order valence-corrected chi connectivity index (χ4v) is 3.35. The van der Waals surface area contributed by atoms with Gasteiger partial charge in [-0.25, -0.2) is 4.39 Å². The molecule has 0 bridgehead atoms. The Balaban J connectivity index is 1.84. The standard InChI is InChI=1S/C20H28ClFN4O3/c1-20(2,3)23-17(27)12-25-7-9-26(10-8-25)18(28)13-24(4)19(29)15-11-14(21)5-6-16(15)22/h5-6,11H,7-10,12-13H2,1-4H3,(H,23,27)/p+1. The molecule has 0 radical (unpaired) electrons. The molecule has 0 aromatic heterocycles. The largest absolute Gasteiger partial charge is 0.347 e. The van der Waals surface area contributed by atoms with Crippen LogP contribution in [0, 0.1) is 5.82 Å². The minimum Gasteiger partial charge on any atom is -0.347 e. The first-order valence-electron chi connectivity index (χ1n) is 9.59. The minimum absolute atomic E-state index is 0.0128. The fourth-order valence-electron chi connectivity index (χ4n) is 3.18. The summed E-state index contributed by atoms with van der Waals surface area (Å²) in [6.45, 7) is 8.34. The Hall–Kier alpha value is -2.19. The molecule has 1 aromatic rings. The molecule has 0 spiro atoms.